The number of benzene rings is 1. The van der Waals surface area contributed by atoms with Gasteiger partial charge in [-0.3, -0.25) is 14.3 Å². The molecule has 0 saturated heterocycles. The number of carbonyl (C=O) groups excluding carboxylic acids is 1. The van der Waals surface area contributed by atoms with Gasteiger partial charge in [-0.15, -0.1) is 10.2 Å². The lowest BCUT2D eigenvalue weighted by Gasteiger charge is -2.32. The maximum absolute atomic E-state index is 12.9. The summed E-state index contributed by atoms with van der Waals surface area (Å²) in [6.07, 6.45) is 4.82. The summed E-state index contributed by atoms with van der Waals surface area (Å²) in [5.74, 6) is 2.13. The number of hydrogen-bond acceptors (Lipinski definition) is 6. The summed E-state index contributed by atoms with van der Waals surface area (Å²) in [5, 5.41) is 8.50. The van der Waals surface area contributed by atoms with E-state index in [1.807, 2.05) is 35.8 Å². The Morgan fingerprint density at radius 2 is 2.00 bits per heavy atom. The number of ether oxygens (including phenoxy) is 1. The number of methoxy groups -OCH3 is 1. The largest absolute Gasteiger partial charge is 0.497 e. The highest BCUT2D eigenvalue weighted by Gasteiger charge is 2.33. The van der Waals surface area contributed by atoms with E-state index in [1.165, 1.54) is 0 Å². The van der Waals surface area contributed by atoms with Crippen molar-refractivity contribution in [3.05, 3.63) is 54.2 Å². The van der Waals surface area contributed by atoms with Gasteiger partial charge < -0.3 is 9.64 Å². The number of amides is 1. The number of fused-ring (bicyclic) bond motifs is 1. The number of rotatable bonds is 4. The van der Waals surface area contributed by atoms with Crippen LogP contribution >= 0.6 is 0 Å². The Balaban J connectivity index is 1.61. The van der Waals surface area contributed by atoms with E-state index in [-0.39, 0.29) is 5.91 Å². The van der Waals surface area contributed by atoms with Gasteiger partial charge in [-0.25, -0.2) is 4.98 Å². The lowest BCUT2D eigenvalue weighted by atomic mass is 10.1. The molecule has 0 N–H and O–H groups in total. The highest BCUT2D eigenvalue weighted by Crippen LogP contribution is 2.28. The molecule has 0 radical (unpaired) electrons. The maximum Gasteiger partial charge on any atom is 0.246 e. The van der Waals surface area contributed by atoms with Gasteiger partial charge in [0.05, 0.1) is 19.9 Å². The average molecular weight is 350 g/mol. The van der Waals surface area contributed by atoms with Gasteiger partial charge >= 0.3 is 0 Å². The van der Waals surface area contributed by atoms with Gasteiger partial charge in [0.1, 0.15) is 17.5 Å². The summed E-state index contributed by atoms with van der Waals surface area (Å²) in [4.78, 5) is 23.0. The first-order valence-electron chi connectivity index (χ1n) is 8.29. The van der Waals surface area contributed by atoms with Crippen LogP contribution in [0.25, 0.3) is 11.5 Å². The standard InChI is InChI=1S/C18H18N6O2/c1-12-18(25)23(10-13-3-5-14(26-2)6-4-13)11-16-21-22-17(24(12)16)15-9-19-7-8-20-15/h3-9,12H,10-11H2,1-2H3/t12-/m0/s1. The Hall–Kier alpha value is -3.29. The lowest BCUT2D eigenvalue weighted by molar-refractivity contribution is -0.137. The number of aromatic nitrogens is 5. The molecular weight excluding hydrogens is 332 g/mol. The first kappa shape index (κ1) is 16.2. The fourth-order valence-electron chi connectivity index (χ4n) is 3.14. The topological polar surface area (TPSA) is 86.0 Å². The molecule has 0 aliphatic carbocycles. The van der Waals surface area contributed by atoms with Gasteiger partial charge in [0.25, 0.3) is 0 Å². The Morgan fingerprint density at radius 1 is 1.19 bits per heavy atom. The Kier molecular flexibility index (Phi) is 4.08. The minimum atomic E-state index is -0.399. The van der Waals surface area contributed by atoms with E-state index in [4.69, 9.17) is 4.74 Å². The molecule has 0 bridgehead atoms. The lowest BCUT2D eigenvalue weighted by Crippen LogP contribution is -2.41. The van der Waals surface area contributed by atoms with E-state index < -0.39 is 6.04 Å². The normalized spacial score (nSPS) is 16.5. The van der Waals surface area contributed by atoms with Crippen molar-refractivity contribution in [1.82, 2.24) is 29.6 Å². The SMILES string of the molecule is COc1ccc(CN2Cc3nnc(-c4cnccn4)n3[C@@H](C)C2=O)cc1. The van der Waals surface area contributed by atoms with Crippen LogP contribution in [-0.2, 0) is 17.9 Å². The molecule has 0 saturated carbocycles. The van der Waals surface area contributed by atoms with Gasteiger partial charge in [0.15, 0.2) is 11.6 Å². The van der Waals surface area contributed by atoms with Crippen LogP contribution in [0.1, 0.15) is 24.4 Å². The van der Waals surface area contributed by atoms with E-state index in [0.29, 0.717) is 24.6 Å². The molecule has 1 aliphatic heterocycles. The van der Waals surface area contributed by atoms with Crippen molar-refractivity contribution < 1.29 is 9.53 Å². The predicted octanol–water partition coefficient (Wildman–Crippen LogP) is 1.85. The first-order valence-corrected chi connectivity index (χ1v) is 8.29. The quantitative estimate of drug-likeness (QED) is 0.714. The molecule has 1 atom stereocenters. The summed E-state index contributed by atoms with van der Waals surface area (Å²) in [6, 6.07) is 7.30. The van der Waals surface area contributed by atoms with Gasteiger partial charge in [-0.05, 0) is 24.6 Å². The van der Waals surface area contributed by atoms with E-state index in [1.54, 1.807) is 30.6 Å². The van der Waals surface area contributed by atoms with Crippen LogP contribution in [0.3, 0.4) is 0 Å². The third-order valence-corrected chi connectivity index (χ3v) is 4.48. The van der Waals surface area contributed by atoms with Crippen molar-refractivity contribution >= 4 is 5.91 Å². The summed E-state index contributed by atoms with van der Waals surface area (Å²) in [7, 11) is 1.63. The number of nitrogens with zero attached hydrogens (tertiary/aromatic N) is 6. The van der Waals surface area contributed by atoms with Crippen molar-refractivity contribution in [2.24, 2.45) is 0 Å². The predicted molar refractivity (Wildman–Crippen MR) is 93.0 cm³/mol. The maximum atomic E-state index is 12.9. The molecule has 1 aliphatic rings. The second kappa shape index (κ2) is 6.55. The van der Waals surface area contributed by atoms with E-state index in [2.05, 4.69) is 20.2 Å². The molecule has 3 aromatic rings. The molecule has 0 fully saturated rings. The summed E-state index contributed by atoms with van der Waals surface area (Å²) in [6.45, 7) is 2.78. The molecule has 4 rings (SSSR count). The van der Waals surface area contributed by atoms with Crippen molar-refractivity contribution in [1.29, 1.82) is 0 Å². The molecule has 0 unspecified atom stereocenters. The fourth-order valence-corrected chi connectivity index (χ4v) is 3.14. The molecule has 2 aromatic heterocycles. The smallest absolute Gasteiger partial charge is 0.246 e. The summed E-state index contributed by atoms with van der Waals surface area (Å²) in [5.41, 5.74) is 1.64. The molecule has 1 amide bonds. The van der Waals surface area contributed by atoms with E-state index >= 15 is 0 Å². The van der Waals surface area contributed by atoms with Crippen LogP contribution < -0.4 is 4.74 Å². The highest BCUT2D eigenvalue weighted by molar-refractivity contribution is 5.81. The van der Waals surface area contributed by atoms with Crippen LogP contribution in [0.2, 0.25) is 0 Å². The molecule has 1 aromatic carbocycles. The van der Waals surface area contributed by atoms with Crippen LogP contribution in [0.15, 0.2) is 42.9 Å². The van der Waals surface area contributed by atoms with Crippen molar-refractivity contribution in [3.63, 3.8) is 0 Å². The first-order chi connectivity index (χ1) is 12.7. The van der Waals surface area contributed by atoms with E-state index in [9.17, 15) is 4.79 Å². The molecule has 8 heteroatoms. The van der Waals surface area contributed by atoms with Gasteiger partial charge in [0, 0.05) is 18.9 Å². The molecule has 3 heterocycles. The Bertz CT molecular complexity index is 923. The number of carbonyl (C=O) groups is 1. The van der Waals surface area contributed by atoms with Crippen LogP contribution in [0.4, 0.5) is 0 Å². The zero-order valence-electron chi connectivity index (χ0n) is 14.5. The zero-order valence-corrected chi connectivity index (χ0v) is 14.5. The third kappa shape index (κ3) is 2.79. The van der Waals surface area contributed by atoms with Gasteiger partial charge in [-0.2, -0.15) is 0 Å². The Morgan fingerprint density at radius 3 is 2.69 bits per heavy atom. The minimum Gasteiger partial charge on any atom is -0.497 e. The molecule has 8 nitrogen and oxygen atoms in total. The fraction of sp³-hybridized carbons (Fsp3) is 0.278. The van der Waals surface area contributed by atoms with Crippen LogP contribution in [-0.4, -0.2) is 42.6 Å². The average Bonchev–Trinajstić information content (AvgIpc) is 3.11. The molecular formula is C18H18N6O2. The van der Waals surface area contributed by atoms with E-state index in [0.717, 1.165) is 17.1 Å². The monoisotopic (exact) mass is 350 g/mol. The second-order valence-corrected chi connectivity index (χ2v) is 6.12. The zero-order chi connectivity index (χ0) is 18.1. The van der Waals surface area contributed by atoms with Crippen LogP contribution in [0.5, 0.6) is 5.75 Å². The van der Waals surface area contributed by atoms with Crippen molar-refractivity contribution in [3.8, 4) is 17.3 Å². The van der Waals surface area contributed by atoms with Gasteiger partial charge in [0.2, 0.25) is 5.91 Å². The summed E-state index contributed by atoms with van der Waals surface area (Å²) < 4.78 is 7.02. The van der Waals surface area contributed by atoms with Crippen molar-refractivity contribution in [2.75, 3.05) is 7.11 Å². The highest BCUT2D eigenvalue weighted by atomic mass is 16.5. The summed E-state index contributed by atoms with van der Waals surface area (Å²) >= 11 is 0. The number of hydrogen-bond donors (Lipinski definition) is 0. The molecule has 132 valence electrons. The molecule has 0 spiro atoms. The van der Waals surface area contributed by atoms with Gasteiger partial charge in [-0.1, -0.05) is 12.1 Å². The van der Waals surface area contributed by atoms with Crippen molar-refractivity contribution in [2.45, 2.75) is 26.1 Å². The third-order valence-electron chi connectivity index (χ3n) is 4.48. The second-order valence-electron chi connectivity index (χ2n) is 6.12. The van der Waals surface area contributed by atoms with Crippen LogP contribution in [0, 0.1) is 0 Å². The molecule has 26 heavy (non-hydrogen) atoms. The Labute approximate surface area is 150 Å². The minimum absolute atomic E-state index is 0.0262.